The Bertz CT molecular complexity index is 1260. The van der Waals surface area contributed by atoms with Gasteiger partial charge in [0.15, 0.2) is 17.2 Å². The summed E-state index contributed by atoms with van der Waals surface area (Å²) >= 11 is 12.0. The third kappa shape index (κ3) is 5.77. The van der Waals surface area contributed by atoms with Gasteiger partial charge in [0.2, 0.25) is 5.90 Å². The molecule has 0 aliphatic carbocycles. The first kappa shape index (κ1) is 23.8. The van der Waals surface area contributed by atoms with Crippen molar-refractivity contribution in [2.75, 3.05) is 6.61 Å². The van der Waals surface area contributed by atoms with Crippen molar-refractivity contribution >= 4 is 68.1 Å². The molecule has 0 radical (unpaired) electrons. The van der Waals surface area contributed by atoms with Crippen molar-refractivity contribution < 1.29 is 19.0 Å². The van der Waals surface area contributed by atoms with Crippen LogP contribution in [-0.2, 0) is 16.1 Å². The Labute approximate surface area is 218 Å². The molecule has 1 aliphatic heterocycles. The molecule has 1 aliphatic rings. The number of halogens is 3. The number of cyclic esters (lactones) is 1. The highest BCUT2D eigenvalue weighted by Gasteiger charge is 2.25. The SMILES string of the molecule is CCOc1cc(/C=C2\N=C(c3ccccc3Cl)OC2=O)cc(Br)c1OCc1ccc(I)cc1. The maximum atomic E-state index is 12.4. The van der Waals surface area contributed by atoms with Gasteiger partial charge in [0.05, 0.1) is 21.7 Å². The smallest absolute Gasteiger partial charge is 0.363 e. The van der Waals surface area contributed by atoms with Crippen molar-refractivity contribution in [2.45, 2.75) is 13.5 Å². The number of esters is 1. The van der Waals surface area contributed by atoms with Gasteiger partial charge in [-0.15, -0.1) is 0 Å². The molecule has 33 heavy (non-hydrogen) atoms. The zero-order valence-electron chi connectivity index (χ0n) is 17.5. The largest absolute Gasteiger partial charge is 0.490 e. The predicted molar refractivity (Wildman–Crippen MR) is 141 cm³/mol. The molecular weight excluding hydrogens is 621 g/mol. The van der Waals surface area contributed by atoms with E-state index in [0.29, 0.717) is 45.3 Å². The number of hydrogen-bond donors (Lipinski definition) is 0. The van der Waals surface area contributed by atoms with E-state index in [4.69, 9.17) is 25.8 Å². The molecule has 1 heterocycles. The minimum atomic E-state index is -0.543. The van der Waals surface area contributed by atoms with Crippen molar-refractivity contribution in [1.82, 2.24) is 0 Å². The van der Waals surface area contributed by atoms with Crippen LogP contribution in [0.15, 0.2) is 75.8 Å². The van der Waals surface area contributed by atoms with E-state index in [1.165, 1.54) is 0 Å². The summed E-state index contributed by atoms with van der Waals surface area (Å²) in [5, 5.41) is 0.460. The molecule has 168 valence electrons. The van der Waals surface area contributed by atoms with Gasteiger partial charge in [-0.05, 0) is 99.0 Å². The molecule has 0 unspecified atom stereocenters. The highest BCUT2D eigenvalue weighted by Crippen LogP contribution is 2.38. The Hall–Kier alpha value is -2.36. The van der Waals surface area contributed by atoms with Crippen LogP contribution in [-0.4, -0.2) is 18.5 Å². The summed E-state index contributed by atoms with van der Waals surface area (Å²) in [7, 11) is 0. The Morgan fingerprint density at radius 3 is 2.61 bits per heavy atom. The molecule has 4 rings (SSSR count). The molecule has 8 heteroatoms. The van der Waals surface area contributed by atoms with Crippen LogP contribution in [0.5, 0.6) is 11.5 Å². The normalized spacial score (nSPS) is 14.2. The van der Waals surface area contributed by atoms with Gasteiger partial charge in [0, 0.05) is 3.57 Å². The summed E-state index contributed by atoms with van der Waals surface area (Å²) in [6, 6.07) is 18.8. The topological polar surface area (TPSA) is 57.1 Å². The van der Waals surface area contributed by atoms with Gasteiger partial charge in [-0.3, -0.25) is 0 Å². The van der Waals surface area contributed by atoms with E-state index < -0.39 is 5.97 Å². The maximum absolute atomic E-state index is 12.4. The van der Waals surface area contributed by atoms with Gasteiger partial charge in [-0.1, -0.05) is 35.9 Å². The molecule has 0 N–H and O–H groups in total. The standard InChI is InChI=1S/C25H18BrClINO4/c1-2-31-22-13-16(11-19(26)23(22)32-14-15-7-9-17(28)10-8-15)12-21-25(30)33-24(29-21)18-5-3-4-6-20(18)27/h3-13H,2,14H2,1H3/b21-12-. The third-order valence-electron chi connectivity index (χ3n) is 4.66. The number of benzene rings is 3. The molecule has 0 bridgehead atoms. The van der Waals surface area contributed by atoms with Crippen LogP contribution < -0.4 is 9.47 Å². The lowest BCUT2D eigenvalue weighted by Crippen LogP contribution is -2.05. The van der Waals surface area contributed by atoms with E-state index in [2.05, 4.69) is 43.5 Å². The van der Waals surface area contributed by atoms with Crippen LogP contribution in [0.2, 0.25) is 5.02 Å². The number of ether oxygens (including phenoxy) is 3. The molecule has 0 fully saturated rings. The molecule has 0 saturated carbocycles. The first-order valence-corrected chi connectivity index (χ1v) is 12.3. The second-order valence-corrected chi connectivity index (χ2v) is 9.50. The zero-order valence-corrected chi connectivity index (χ0v) is 22.0. The van der Waals surface area contributed by atoms with Crippen molar-refractivity contribution in [3.05, 3.63) is 96.1 Å². The van der Waals surface area contributed by atoms with E-state index >= 15 is 0 Å². The quantitative estimate of drug-likeness (QED) is 0.159. The van der Waals surface area contributed by atoms with E-state index in [-0.39, 0.29) is 11.6 Å². The number of aliphatic imine (C=N–C) groups is 1. The van der Waals surface area contributed by atoms with Gasteiger partial charge in [-0.25, -0.2) is 9.79 Å². The van der Waals surface area contributed by atoms with Gasteiger partial charge in [0.1, 0.15) is 6.61 Å². The maximum Gasteiger partial charge on any atom is 0.363 e. The summed E-state index contributed by atoms with van der Waals surface area (Å²) in [5.74, 6) is 0.786. The first-order chi connectivity index (χ1) is 15.9. The van der Waals surface area contributed by atoms with Crippen molar-refractivity contribution in [3.8, 4) is 11.5 Å². The summed E-state index contributed by atoms with van der Waals surface area (Å²) in [6.07, 6.45) is 1.64. The van der Waals surface area contributed by atoms with Crippen LogP contribution in [0.1, 0.15) is 23.6 Å². The molecule has 3 aromatic rings. The first-order valence-electron chi connectivity index (χ1n) is 10.1. The minimum absolute atomic E-state index is 0.173. The molecule has 0 aromatic heterocycles. The van der Waals surface area contributed by atoms with Crippen LogP contribution in [0.4, 0.5) is 0 Å². The lowest BCUT2D eigenvalue weighted by atomic mass is 10.1. The minimum Gasteiger partial charge on any atom is -0.490 e. The van der Waals surface area contributed by atoms with E-state index in [1.807, 2.05) is 37.3 Å². The summed E-state index contributed by atoms with van der Waals surface area (Å²) in [4.78, 5) is 16.7. The Morgan fingerprint density at radius 1 is 1.12 bits per heavy atom. The molecule has 0 spiro atoms. The molecule has 0 saturated heterocycles. The number of rotatable bonds is 7. The van der Waals surface area contributed by atoms with Gasteiger partial charge >= 0.3 is 5.97 Å². The van der Waals surface area contributed by atoms with Crippen LogP contribution >= 0.6 is 50.1 Å². The van der Waals surface area contributed by atoms with Crippen LogP contribution in [0.3, 0.4) is 0 Å². The highest BCUT2D eigenvalue weighted by atomic mass is 127. The second kappa shape index (κ2) is 10.7. The second-order valence-electron chi connectivity index (χ2n) is 6.99. The molecular formula is C25H18BrClINO4. The lowest BCUT2D eigenvalue weighted by Gasteiger charge is -2.15. The summed E-state index contributed by atoms with van der Waals surface area (Å²) in [6.45, 7) is 2.76. The predicted octanol–water partition coefficient (Wildman–Crippen LogP) is 7.03. The Kier molecular flexibility index (Phi) is 7.72. The zero-order chi connectivity index (χ0) is 23.4. The van der Waals surface area contributed by atoms with Gasteiger partial charge in [-0.2, -0.15) is 0 Å². The molecule has 3 aromatic carbocycles. The van der Waals surface area contributed by atoms with E-state index in [1.54, 1.807) is 36.4 Å². The Balaban J connectivity index is 1.61. The fourth-order valence-electron chi connectivity index (χ4n) is 3.13. The fourth-order valence-corrected chi connectivity index (χ4v) is 4.28. The molecule has 5 nitrogen and oxygen atoms in total. The Morgan fingerprint density at radius 2 is 1.88 bits per heavy atom. The highest BCUT2D eigenvalue weighted by molar-refractivity contribution is 14.1. The van der Waals surface area contributed by atoms with Crippen LogP contribution in [0.25, 0.3) is 6.08 Å². The monoisotopic (exact) mass is 637 g/mol. The number of nitrogens with zero attached hydrogens (tertiary/aromatic N) is 1. The van der Waals surface area contributed by atoms with Gasteiger partial charge in [0.25, 0.3) is 0 Å². The summed E-state index contributed by atoms with van der Waals surface area (Å²) < 4.78 is 19.1. The van der Waals surface area contributed by atoms with E-state index in [9.17, 15) is 4.79 Å². The van der Waals surface area contributed by atoms with Crippen molar-refractivity contribution in [3.63, 3.8) is 0 Å². The van der Waals surface area contributed by atoms with Crippen LogP contribution in [0, 0.1) is 3.57 Å². The fraction of sp³-hybridized carbons (Fsp3) is 0.120. The van der Waals surface area contributed by atoms with Crippen molar-refractivity contribution in [2.24, 2.45) is 4.99 Å². The number of hydrogen-bond acceptors (Lipinski definition) is 5. The molecule has 0 atom stereocenters. The van der Waals surface area contributed by atoms with Gasteiger partial charge < -0.3 is 14.2 Å². The van der Waals surface area contributed by atoms with E-state index in [0.717, 1.165) is 9.13 Å². The average molecular weight is 639 g/mol. The number of carbonyl (C=O) groups excluding carboxylic acids is 1. The number of carbonyl (C=O) groups is 1. The third-order valence-corrected chi connectivity index (χ3v) is 6.29. The lowest BCUT2D eigenvalue weighted by molar-refractivity contribution is -0.129. The average Bonchev–Trinajstić information content (AvgIpc) is 3.15. The summed E-state index contributed by atoms with van der Waals surface area (Å²) in [5.41, 5.74) is 2.49. The molecule has 0 amide bonds. The van der Waals surface area contributed by atoms with Crippen molar-refractivity contribution in [1.29, 1.82) is 0 Å².